The highest BCUT2D eigenvalue weighted by Crippen LogP contribution is 2.25. The number of hydrogen-bond donors (Lipinski definition) is 2. The van der Waals surface area contributed by atoms with Crippen molar-refractivity contribution in [2.24, 2.45) is 0 Å². The summed E-state index contributed by atoms with van der Waals surface area (Å²) in [5, 5.41) is 6.69. The molecule has 0 aliphatic carbocycles. The van der Waals surface area contributed by atoms with Crippen molar-refractivity contribution in [3.8, 4) is 0 Å². The Morgan fingerprint density at radius 1 is 1.56 bits per heavy atom. The third-order valence-corrected chi connectivity index (χ3v) is 3.91. The number of nitrogens with one attached hydrogen (secondary N) is 2. The first kappa shape index (κ1) is 13.9. The minimum Gasteiger partial charge on any atom is -0.312 e. The molecule has 1 aromatic rings. The molecule has 100 valence electrons. The van der Waals surface area contributed by atoms with Crippen molar-refractivity contribution in [3.63, 3.8) is 0 Å². The Labute approximate surface area is 116 Å². The summed E-state index contributed by atoms with van der Waals surface area (Å²) in [4.78, 5) is 2.27. The molecule has 1 fully saturated rings. The Morgan fingerprint density at radius 3 is 3.00 bits per heavy atom. The average molecular weight is 316 g/mol. The van der Waals surface area contributed by atoms with Gasteiger partial charge in [-0.3, -0.25) is 0 Å². The SMILES string of the molecule is CNC(c1cc(Br)ccc1F)C1CN(C)CCN1. The molecule has 0 aromatic heterocycles. The summed E-state index contributed by atoms with van der Waals surface area (Å²) in [5.74, 6) is -0.160. The standard InChI is InChI=1S/C13H19BrFN3/c1-16-13(12-8-18(2)6-5-17-12)10-7-9(14)3-4-11(10)15/h3-4,7,12-13,16-17H,5-6,8H2,1-2H3. The van der Waals surface area contributed by atoms with Crippen LogP contribution < -0.4 is 10.6 Å². The molecule has 0 bridgehead atoms. The van der Waals surface area contributed by atoms with Crippen LogP contribution in [-0.2, 0) is 0 Å². The Kier molecular flexibility index (Phi) is 4.72. The second kappa shape index (κ2) is 6.10. The van der Waals surface area contributed by atoms with Crippen LogP contribution in [0.1, 0.15) is 11.6 Å². The number of nitrogens with zero attached hydrogens (tertiary/aromatic N) is 1. The first-order valence-electron chi connectivity index (χ1n) is 6.16. The van der Waals surface area contributed by atoms with Crippen LogP contribution in [0.4, 0.5) is 4.39 Å². The minimum absolute atomic E-state index is 0.0229. The molecule has 2 N–H and O–H groups in total. The summed E-state index contributed by atoms with van der Waals surface area (Å²) in [5.41, 5.74) is 0.708. The van der Waals surface area contributed by atoms with Crippen molar-refractivity contribution in [2.45, 2.75) is 12.1 Å². The average Bonchev–Trinajstić information content (AvgIpc) is 2.35. The van der Waals surface area contributed by atoms with Gasteiger partial charge >= 0.3 is 0 Å². The van der Waals surface area contributed by atoms with E-state index in [0.717, 1.165) is 24.1 Å². The normalized spacial score (nSPS) is 23.0. The van der Waals surface area contributed by atoms with Crippen LogP contribution in [0, 0.1) is 5.82 Å². The molecule has 18 heavy (non-hydrogen) atoms. The molecule has 0 spiro atoms. The third kappa shape index (κ3) is 3.09. The second-order valence-corrected chi connectivity index (χ2v) is 5.67. The molecule has 1 aliphatic heterocycles. The predicted molar refractivity (Wildman–Crippen MR) is 75.2 cm³/mol. The first-order valence-corrected chi connectivity index (χ1v) is 6.95. The van der Waals surface area contributed by atoms with Gasteiger partial charge in [-0.2, -0.15) is 0 Å². The summed E-state index contributed by atoms with van der Waals surface area (Å²) in [7, 11) is 3.97. The van der Waals surface area contributed by atoms with E-state index >= 15 is 0 Å². The summed E-state index contributed by atoms with van der Waals surface area (Å²) >= 11 is 3.40. The lowest BCUT2D eigenvalue weighted by Gasteiger charge is -2.36. The Balaban J connectivity index is 2.24. The zero-order valence-corrected chi connectivity index (χ0v) is 12.3. The van der Waals surface area contributed by atoms with Gasteiger partial charge in [0.2, 0.25) is 0 Å². The van der Waals surface area contributed by atoms with Crippen LogP contribution >= 0.6 is 15.9 Å². The van der Waals surface area contributed by atoms with E-state index in [1.165, 1.54) is 6.07 Å². The van der Waals surface area contributed by atoms with Crippen LogP contribution in [0.5, 0.6) is 0 Å². The van der Waals surface area contributed by atoms with E-state index in [1.807, 2.05) is 13.1 Å². The lowest BCUT2D eigenvalue weighted by molar-refractivity contribution is 0.208. The van der Waals surface area contributed by atoms with Crippen LogP contribution in [0.25, 0.3) is 0 Å². The van der Waals surface area contributed by atoms with Crippen molar-refractivity contribution in [1.29, 1.82) is 0 Å². The highest BCUT2D eigenvalue weighted by molar-refractivity contribution is 9.10. The number of rotatable bonds is 3. The number of benzene rings is 1. The highest BCUT2D eigenvalue weighted by Gasteiger charge is 2.27. The summed E-state index contributed by atoms with van der Waals surface area (Å²) in [6.45, 7) is 2.89. The molecule has 1 aliphatic rings. The predicted octanol–water partition coefficient (Wildman–Crippen LogP) is 1.75. The van der Waals surface area contributed by atoms with E-state index in [-0.39, 0.29) is 17.9 Å². The maximum Gasteiger partial charge on any atom is 0.128 e. The van der Waals surface area contributed by atoms with Gasteiger partial charge in [0.15, 0.2) is 0 Å². The topological polar surface area (TPSA) is 27.3 Å². The Morgan fingerprint density at radius 2 is 2.33 bits per heavy atom. The molecule has 0 amide bonds. The van der Waals surface area contributed by atoms with E-state index in [2.05, 4.69) is 38.5 Å². The Hall–Kier alpha value is -0.490. The van der Waals surface area contributed by atoms with Gasteiger partial charge in [0.05, 0.1) is 6.04 Å². The molecule has 2 unspecified atom stereocenters. The lowest BCUT2D eigenvalue weighted by atomic mass is 9.97. The fraction of sp³-hybridized carbons (Fsp3) is 0.538. The number of halogens is 2. The fourth-order valence-electron chi connectivity index (χ4n) is 2.48. The molecule has 1 saturated heterocycles. The first-order chi connectivity index (χ1) is 8.61. The van der Waals surface area contributed by atoms with Crippen molar-refractivity contribution in [2.75, 3.05) is 33.7 Å². The quantitative estimate of drug-likeness (QED) is 0.890. The lowest BCUT2D eigenvalue weighted by Crippen LogP contribution is -2.54. The van der Waals surface area contributed by atoms with Gasteiger partial charge in [-0.25, -0.2) is 4.39 Å². The van der Waals surface area contributed by atoms with Gasteiger partial charge in [0, 0.05) is 35.7 Å². The minimum atomic E-state index is -0.160. The molecule has 2 rings (SSSR count). The molecule has 5 heteroatoms. The van der Waals surface area contributed by atoms with Crippen molar-refractivity contribution in [3.05, 3.63) is 34.1 Å². The van der Waals surface area contributed by atoms with E-state index in [9.17, 15) is 4.39 Å². The molecule has 0 saturated carbocycles. The number of likely N-dealkylation sites (N-methyl/N-ethyl adjacent to an activating group) is 2. The van der Waals surface area contributed by atoms with E-state index < -0.39 is 0 Å². The van der Waals surface area contributed by atoms with Crippen LogP contribution in [-0.4, -0.2) is 44.7 Å². The fourth-order valence-corrected chi connectivity index (χ4v) is 2.86. The van der Waals surface area contributed by atoms with Crippen molar-refractivity contribution >= 4 is 15.9 Å². The largest absolute Gasteiger partial charge is 0.312 e. The maximum atomic E-state index is 14.0. The maximum absolute atomic E-state index is 14.0. The van der Waals surface area contributed by atoms with Crippen LogP contribution in [0.2, 0.25) is 0 Å². The summed E-state index contributed by atoms with van der Waals surface area (Å²) < 4.78 is 14.9. The zero-order chi connectivity index (χ0) is 13.1. The van der Waals surface area contributed by atoms with E-state index in [0.29, 0.717) is 5.56 Å². The molecular weight excluding hydrogens is 297 g/mol. The smallest absolute Gasteiger partial charge is 0.128 e. The zero-order valence-electron chi connectivity index (χ0n) is 10.7. The van der Waals surface area contributed by atoms with Crippen molar-refractivity contribution in [1.82, 2.24) is 15.5 Å². The summed E-state index contributed by atoms with van der Waals surface area (Å²) in [6, 6.07) is 5.29. The van der Waals surface area contributed by atoms with E-state index in [1.54, 1.807) is 6.07 Å². The monoisotopic (exact) mass is 315 g/mol. The van der Waals surface area contributed by atoms with Crippen molar-refractivity contribution < 1.29 is 4.39 Å². The van der Waals surface area contributed by atoms with Crippen LogP contribution in [0.3, 0.4) is 0 Å². The van der Waals surface area contributed by atoms with Gasteiger partial charge in [-0.05, 0) is 32.3 Å². The molecular formula is C13H19BrFN3. The Bertz CT molecular complexity index is 413. The number of piperazine rings is 1. The van der Waals surface area contributed by atoms with Gasteiger partial charge in [0.1, 0.15) is 5.82 Å². The molecule has 0 radical (unpaired) electrons. The van der Waals surface area contributed by atoms with Gasteiger partial charge in [-0.15, -0.1) is 0 Å². The van der Waals surface area contributed by atoms with Gasteiger partial charge < -0.3 is 15.5 Å². The number of hydrogen-bond acceptors (Lipinski definition) is 3. The van der Waals surface area contributed by atoms with Gasteiger partial charge in [0.25, 0.3) is 0 Å². The highest BCUT2D eigenvalue weighted by atomic mass is 79.9. The molecule has 1 heterocycles. The molecule has 3 nitrogen and oxygen atoms in total. The third-order valence-electron chi connectivity index (χ3n) is 3.41. The van der Waals surface area contributed by atoms with Gasteiger partial charge in [-0.1, -0.05) is 15.9 Å². The molecule has 2 atom stereocenters. The van der Waals surface area contributed by atoms with E-state index in [4.69, 9.17) is 0 Å². The summed E-state index contributed by atoms with van der Waals surface area (Å²) in [6.07, 6.45) is 0. The second-order valence-electron chi connectivity index (χ2n) is 4.76. The molecule has 1 aromatic carbocycles. The van der Waals surface area contributed by atoms with Crippen LogP contribution in [0.15, 0.2) is 22.7 Å².